The molecule has 0 aliphatic carbocycles. The van der Waals surface area contributed by atoms with Crippen LogP contribution in [0.3, 0.4) is 0 Å². The monoisotopic (exact) mass is 279 g/mol. The van der Waals surface area contributed by atoms with Crippen molar-refractivity contribution in [3.05, 3.63) is 66.6 Å². The Labute approximate surface area is 123 Å². The SMILES string of the molecule is O=C(Cn1ccc2ccccc21)NCCc1ccncc1. The van der Waals surface area contributed by atoms with Crippen LogP contribution in [0.5, 0.6) is 0 Å². The third-order valence-corrected chi connectivity index (χ3v) is 3.48. The lowest BCUT2D eigenvalue weighted by atomic mass is 10.2. The zero-order valence-corrected chi connectivity index (χ0v) is 11.7. The molecule has 2 heterocycles. The minimum Gasteiger partial charge on any atom is -0.354 e. The lowest BCUT2D eigenvalue weighted by Crippen LogP contribution is -2.29. The van der Waals surface area contributed by atoms with Gasteiger partial charge in [0.15, 0.2) is 0 Å². The van der Waals surface area contributed by atoms with Gasteiger partial charge in [-0.1, -0.05) is 18.2 Å². The van der Waals surface area contributed by atoms with Crippen LogP contribution in [0.2, 0.25) is 0 Å². The van der Waals surface area contributed by atoms with Crippen molar-refractivity contribution >= 4 is 16.8 Å². The predicted octanol–water partition coefficient (Wildman–Crippen LogP) is 2.40. The third kappa shape index (κ3) is 3.28. The van der Waals surface area contributed by atoms with E-state index in [0.717, 1.165) is 17.3 Å². The van der Waals surface area contributed by atoms with Crippen molar-refractivity contribution < 1.29 is 4.79 Å². The summed E-state index contributed by atoms with van der Waals surface area (Å²) < 4.78 is 1.97. The highest BCUT2D eigenvalue weighted by atomic mass is 16.1. The van der Waals surface area contributed by atoms with Gasteiger partial charge in [0.1, 0.15) is 6.54 Å². The minimum atomic E-state index is 0.0328. The van der Waals surface area contributed by atoms with Crippen LogP contribution in [-0.4, -0.2) is 22.0 Å². The highest BCUT2D eigenvalue weighted by molar-refractivity contribution is 5.83. The van der Waals surface area contributed by atoms with Crippen molar-refractivity contribution in [2.45, 2.75) is 13.0 Å². The molecular weight excluding hydrogens is 262 g/mol. The molecule has 0 fully saturated rings. The lowest BCUT2D eigenvalue weighted by molar-refractivity contribution is -0.121. The number of para-hydroxylation sites is 1. The summed E-state index contributed by atoms with van der Waals surface area (Å²) in [6.45, 7) is 0.992. The number of carbonyl (C=O) groups excluding carboxylic acids is 1. The molecule has 0 saturated carbocycles. The van der Waals surface area contributed by atoms with Gasteiger partial charge >= 0.3 is 0 Å². The van der Waals surface area contributed by atoms with Crippen LogP contribution < -0.4 is 5.32 Å². The molecule has 1 aromatic carbocycles. The van der Waals surface area contributed by atoms with E-state index in [4.69, 9.17) is 0 Å². The molecule has 0 aliphatic heterocycles. The molecule has 0 bridgehead atoms. The Morgan fingerprint density at radius 3 is 2.76 bits per heavy atom. The second kappa shape index (κ2) is 6.22. The molecule has 2 aromatic heterocycles. The van der Waals surface area contributed by atoms with Crippen LogP contribution >= 0.6 is 0 Å². The Bertz CT molecular complexity index is 734. The first-order valence-corrected chi connectivity index (χ1v) is 7.02. The van der Waals surface area contributed by atoms with Gasteiger partial charge in [0.25, 0.3) is 0 Å². The Morgan fingerprint density at radius 1 is 1.10 bits per heavy atom. The topological polar surface area (TPSA) is 46.9 Å². The summed E-state index contributed by atoms with van der Waals surface area (Å²) in [5.74, 6) is 0.0328. The van der Waals surface area contributed by atoms with Crippen molar-refractivity contribution in [3.63, 3.8) is 0 Å². The highest BCUT2D eigenvalue weighted by Gasteiger charge is 2.05. The Hall–Kier alpha value is -2.62. The van der Waals surface area contributed by atoms with Gasteiger partial charge in [-0.2, -0.15) is 0 Å². The number of hydrogen-bond acceptors (Lipinski definition) is 2. The van der Waals surface area contributed by atoms with Crippen LogP contribution in [0.15, 0.2) is 61.1 Å². The van der Waals surface area contributed by atoms with Gasteiger partial charge in [-0.05, 0) is 41.6 Å². The van der Waals surface area contributed by atoms with Gasteiger partial charge in [-0.15, -0.1) is 0 Å². The normalized spacial score (nSPS) is 10.7. The maximum absolute atomic E-state index is 12.0. The van der Waals surface area contributed by atoms with Gasteiger partial charge in [-0.25, -0.2) is 0 Å². The zero-order valence-electron chi connectivity index (χ0n) is 11.7. The molecule has 3 aromatic rings. The molecule has 1 amide bonds. The molecule has 0 saturated heterocycles. The van der Waals surface area contributed by atoms with E-state index in [1.807, 2.05) is 53.2 Å². The van der Waals surface area contributed by atoms with Crippen LogP contribution in [0.1, 0.15) is 5.56 Å². The second-order valence-electron chi connectivity index (χ2n) is 4.96. The molecule has 0 spiro atoms. The van der Waals surface area contributed by atoms with Gasteiger partial charge < -0.3 is 9.88 Å². The Kier molecular flexibility index (Phi) is 3.96. The largest absolute Gasteiger partial charge is 0.354 e. The number of fused-ring (bicyclic) bond motifs is 1. The van der Waals surface area contributed by atoms with Gasteiger partial charge in [-0.3, -0.25) is 9.78 Å². The predicted molar refractivity (Wildman–Crippen MR) is 82.9 cm³/mol. The van der Waals surface area contributed by atoms with Crippen molar-refractivity contribution in [2.24, 2.45) is 0 Å². The summed E-state index contributed by atoms with van der Waals surface area (Å²) in [6, 6.07) is 14.0. The fourth-order valence-electron chi connectivity index (χ4n) is 2.38. The van der Waals surface area contributed by atoms with Crippen LogP contribution in [0, 0.1) is 0 Å². The quantitative estimate of drug-likeness (QED) is 0.779. The first kappa shape index (κ1) is 13.4. The highest BCUT2D eigenvalue weighted by Crippen LogP contribution is 2.14. The number of hydrogen-bond donors (Lipinski definition) is 1. The maximum atomic E-state index is 12.0. The van der Waals surface area contributed by atoms with E-state index in [2.05, 4.69) is 10.3 Å². The lowest BCUT2D eigenvalue weighted by Gasteiger charge is -2.07. The molecule has 0 unspecified atom stereocenters. The molecule has 106 valence electrons. The number of pyridine rings is 1. The molecule has 4 nitrogen and oxygen atoms in total. The smallest absolute Gasteiger partial charge is 0.239 e. The number of carbonyl (C=O) groups is 1. The molecule has 21 heavy (non-hydrogen) atoms. The third-order valence-electron chi connectivity index (χ3n) is 3.48. The number of aromatic nitrogens is 2. The van der Waals surface area contributed by atoms with Gasteiger partial charge in [0, 0.05) is 30.7 Å². The second-order valence-corrected chi connectivity index (χ2v) is 4.96. The van der Waals surface area contributed by atoms with E-state index in [-0.39, 0.29) is 5.91 Å². The van der Waals surface area contributed by atoms with E-state index in [1.165, 1.54) is 5.56 Å². The zero-order chi connectivity index (χ0) is 14.5. The van der Waals surface area contributed by atoms with E-state index in [1.54, 1.807) is 12.4 Å². The number of benzene rings is 1. The van der Waals surface area contributed by atoms with Crippen molar-refractivity contribution in [3.8, 4) is 0 Å². The summed E-state index contributed by atoms with van der Waals surface area (Å²) in [5.41, 5.74) is 2.26. The van der Waals surface area contributed by atoms with Crippen molar-refractivity contribution in [2.75, 3.05) is 6.54 Å². The van der Waals surface area contributed by atoms with E-state index in [9.17, 15) is 4.79 Å². The van der Waals surface area contributed by atoms with E-state index >= 15 is 0 Å². The van der Waals surface area contributed by atoms with Crippen LogP contribution in [-0.2, 0) is 17.8 Å². The molecule has 4 heteroatoms. The fourth-order valence-corrected chi connectivity index (χ4v) is 2.38. The first-order chi connectivity index (χ1) is 10.3. The molecular formula is C17H17N3O. The summed E-state index contributed by atoms with van der Waals surface area (Å²) in [5, 5.41) is 4.11. The number of amides is 1. The van der Waals surface area contributed by atoms with E-state index < -0.39 is 0 Å². The molecule has 0 radical (unpaired) electrons. The standard InChI is InChI=1S/C17H17N3O/c21-17(19-11-7-14-5-9-18-10-6-14)13-20-12-8-15-3-1-2-4-16(15)20/h1-6,8-10,12H,7,11,13H2,(H,19,21). The minimum absolute atomic E-state index is 0.0328. The molecule has 0 aliphatic rings. The average Bonchev–Trinajstić information content (AvgIpc) is 2.92. The summed E-state index contributed by atoms with van der Waals surface area (Å²) in [4.78, 5) is 16.0. The molecule has 1 N–H and O–H groups in total. The summed E-state index contributed by atoms with van der Waals surface area (Å²) >= 11 is 0. The van der Waals surface area contributed by atoms with Gasteiger partial charge in [0.05, 0.1) is 0 Å². The summed E-state index contributed by atoms with van der Waals surface area (Å²) in [7, 11) is 0. The molecule has 0 atom stereocenters. The number of nitrogens with zero attached hydrogens (tertiary/aromatic N) is 2. The maximum Gasteiger partial charge on any atom is 0.239 e. The van der Waals surface area contributed by atoms with Crippen molar-refractivity contribution in [1.82, 2.24) is 14.9 Å². The van der Waals surface area contributed by atoms with E-state index in [0.29, 0.717) is 13.1 Å². The number of rotatable bonds is 5. The average molecular weight is 279 g/mol. The molecule has 3 rings (SSSR count). The fraction of sp³-hybridized carbons (Fsp3) is 0.176. The van der Waals surface area contributed by atoms with Gasteiger partial charge in [0.2, 0.25) is 5.91 Å². The van der Waals surface area contributed by atoms with Crippen LogP contribution in [0.4, 0.5) is 0 Å². The van der Waals surface area contributed by atoms with Crippen LogP contribution in [0.25, 0.3) is 10.9 Å². The Balaban J connectivity index is 1.55. The summed E-state index contributed by atoms with van der Waals surface area (Å²) in [6.07, 6.45) is 6.31. The van der Waals surface area contributed by atoms with Crippen molar-refractivity contribution in [1.29, 1.82) is 0 Å². The number of nitrogens with one attached hydrogen (secondary N) is 1. The first-order valence-electron chi connectivity index (χ1n) is 7.02. The Morgan fingerprint density at radius 2 is 1.90 bits per heavy atom.